The molecule has 1 aromatic heterocycles. The van der Waals surface area contributed by atoms with Gasteiger partial charge in [0, 0.05) is 18.0 Å². The number of rotatable bonds is 0. The molecule has 0 aromatic carbocycles. The van der Waals surface area contributed by atoms with E-state index < -0.39 is 6.10 Å². The Kier molecular flexibility index (Phi) is 1.11. The Morgan fingerprint density at radius 3 is 3.40 bits per heavy atom. The van der Waals surface area contributed by atoms with Crippen LogP contribution >= 0.6 is 0 Å². The minimum Gasteiger partial charge on any atom is -0.490 e. The number of ether oxygens (including phenoxy) is 1. The summed E-state index contributed by atoms with van der Waals surface area (Å²) in [5.41, 5.74) is 0.794. The van der Waals surface area contributed by atoms with Gasteiger partial charge in [-0.05, 0) is 6.07 Å². The molecule has 0 saturated carbocycles. The van der Waals surface area contributed by atoms with Crippen molar-refractivity contribution in [3.05, 3.63) is 24.0 Å². The van der Waals surface area contributed by atoms with Gasteiger partial charge < -0.3 is 9.84 Å². The molecule has 3 heteroatoms. The van der Waals surface area contributed by atoms with Gasteiger partial charge in [0.25, 0.3) is 0 Å². The molecule has 2 rings (SSSR count). The molecule has 1 aliphatic heterocycles. The third kappa shape index (κ3) is 0.675. The van der Waals surface area contributed by atoms with Crippen LogP contribution in [0.4, 0.5) is 0 Å². The fourth-order valence-corrected chi connectivity index (χ4v) is 1.03. The van der Waals surface area contributed by atoms with E-state index in [1.54, 1.807) is 18.5 Å². The molecule has 1 N–H and O–H groups in total. The molecule has 0 fully saturated rings. The zero-order valence-electron chi connectivity index (χ0n) is 5.32. The summed E-state index contributed by atoms with van der Waals surface area (Å²) in [6.45, 7) is 0.362. The summed E-state index contributed by atoms with van der Waals surface area (Å²) in [5.74, 6) is 0.752. The lowest BCUT2D eigenvalue weighted by molar-refractivity contribution is 0.140. The molecule has 10 heavy (non-hydrogen) atoms. The van der Waals surface area contributed by atoms with Crippen LogP contribution in [0.15, 0.2) is 18.5 Å². The van der Waals surface area contributed by atoms with Crippen LogP contribution in [0.25, 0.3) is 0 Å². The van der Waals surface area contributed by atoms with Crippen molar-refractivity contribution in [1.82, 2.24) is 4.98 Å². The number of fused-ring (bicyclic) bond motifs is 1. The maximum absolute atomic E-state index is 9.22. The van der Waals surface area contributed by atoms with Crippen LogP contribution in [0.2, 0.25) is 0 Å². The maximum Gasteiger partial charge on any atom is 0.128 e. The van der Waals surface area contributed by atoms with Crippen LogP contribution in [0.5, 0.6) is 5.75 Å². The Bertz CT molecular complexity index is 249. The third-order valence-electron chi connectivity index (χ3n) is 1.57. The van der Waals surface area contributed by atoms with Crippen molar-refractivity contribution in [2.75, 3.05) is 6.61 Å². The molecule has 1 aromatic rings. The smallest absolute Gasteiger partial charge is 0.128 e. The molecule has 0 spiro atoms. The van der Waals surface area contributed by atoms with Gasteiger partial charge in [0.05, 0.1) is 0 Å². The molecule has 52 valence electrons. The monoisotopic (exact) mass is 137 g/mol. The van der Waals surface area contributed by atoms with E-state index in [1.165, 1.54) is 0 Å². The molecule has 2 heterocycles. The predicted octanol–water partition coefficient (Wildman–Crippen LogP) is 0.507. The molecule has 0 radical (unpaired) electrons. The van der Waals surface area contributed by atoms with Crippen LogP contribution in [0.1, 0.15) is 11.7 Å². The Labute approximate surface area is 58.3 Å². The summed E-state index contributed by atoms with van der Waals surface area (Å²) in [7, 11) is 0. The van der Waals surface area contributed by atoms with Crippen molar-refractivity contribution >= 4 is 0 Å². The number of pyridine rings is 1. The van der Waals surface area contributed by atoms with Gasteiger partial charge >= 0.3 is 0 Å². The van der Waals surface area contributed by atoms with E-state index in [0.717, 1.165) is 11.3 Å². The average Bonchev–Trinajstić information content (AvgIpc) is 2.34. The molecule has 0 aliphatic carbocycles. The number of hydrogen-bond donors (Lipinski definition) is 1. The minimum atomic E-state index is -0.483. The van der Waals surface area contributed by atoms with E-state index in [-0.39, 0.29) is 0 Å². The van der Waals surface area contributed by atoms with Crippen molar-refractivity contribution < 1.29 is 9.84 Å². The highest BCUT2D eigenvalue weighted by Gasteiger charge is 2.20. The molecule has 1 atom stereocenters. The second-order valence-electron chi connectivity index (χ2n) is 2.24. The lowest BCUT2D eigenvalue weighted by Gasteiger charge is -1.95. The van der Waals surface area contributed by atoms with Gasteiger partial charge in [-0.15, -0.1) is 0 Å². The summed E-state index contributed by atoms with van der Waals surface area (Å²) >= 11 is 0. The number of hydrogen-bond acceptors (Lipinski definition) is 3. The first-order valence-corrected chi connectivity index (χ1v) is 3.13. The van der Waals surface area contributed by atoms with Crippen molar-refractivity contribution in [2.24, 2.45) is 0 Å². The second-order valence-corrected chi connectivity index (χ2v) is 2.24. The fourth-order valence-electron chi connectivity index (χ4n) is 1.03. The number of nitrogens with zero attached hydrogens (tertiary/aromatic N) is 1. The first-order valence-electron chi connectivity index (χ1n) is 3.13. The van der Waals surface area contributed by atoms with Gasteiger partial charge in [-0.2, -0.15) is 0 Å². The molecule has 1 aliphatic rings. The highest BCUT2D eigenvalue weighted by atomic mass is 16.5. The van der Waals surface area contributed by atoms with Gasteiger partial charge in [0.2, 0.25) is 0 Å². The Morgan fingerprint density at radius 2 is 2.60 bits per heavy atom. The zero-order valence-corrected chi connectivity index (χ0v) is 5.32. The van der Waals surface area contributed by atoms with Crippen LogP contribution in [-0.2, 0) is 0 Å². The summed E-state index contributed by atoms with van der Waals surface area (Å²) in [4.78, 5) is 3.87. The molecular weight excluding hydrogens is 130 g/mol. The van der Waals surface area contributed by atoms with Gasteiger partial charge in [0.15, 0.2) is 0 Å². The first kappa shape index (κ1) is 5.68. The van der Waals surface area contributed by atoms with E-state index in [4.69, 9.17) is 4.74 Å². The summed E-state index contributed by atoms with van der Waals surface area (Å²) < 4.78 is 5.12. The SMILES string of the molecule is OC1COc2ccncc21. The third-order valence-corrected chi connectivity index (χ3v) is 1.57. The van der Waals surface area contributed by atoms with Crippen LogP contribution < -0.4 is 4.74 Å². The lowest BCUT2D eigenvalue weighted by atomic mass is 10.2. The largest absolute Gasteiger partial charge is 0.490 e. The van der Waals surface area contributed by atoms with Gasteiger partial charge in [-0.3, -0.25) is 4.98 Å². The van der Waals surface area contributed by atoms with Gasteiger partial charge in [-0.1, -0.05) is 0 Å². The molecule has 0 bridgehead atoms. The van der Waals surface area contributed by atoms with E-state index in [0.29, 0.717) is 6.61 Å². The minimum absolute atomic E-state index is 0.362. The lowest BCUT2D eigenvalue weighted by Crippen LogP contribution is -1.97. The Balaban J connectivity index is 2.51. The highest BCUT2D eigenvalue weighted by molar-refractivity contribution is 5.35. The molecular formula is C7H7NO2. The van der Waals surface area contributed by atoms with Crippen molar-refractivity contribution in [1.29, 1.82) is 0 Å². The Hall–Kier alpha value is -1.09. The standard InChI is InChI=1S/C7H7NO2/c9-6-4-10-7-1-2-8-3-5(6)7/h1-3,6,9H,4H2. The first-order chi connectivity index (χ1) is 4.88. The molecule has 0 saturated heterocycles. The van der Waals surface area contributed by atoms with E-state index in [9.17, 15) is 5.11 Å². The zero-order chi connectivity index (χ0) is 6.97. The predicted molar refractivity (Wildman–Crippen MR) is 34.7 cm³/mol. The van der Waals surface area contributed by atoms with Crippen molar-refractivity contribution in [3.63, 3.8) is 0 Å². The van der Waals surface area contributed by atoms with Crippen LogP contribution in [0, 0.1) is 0 Å². The van der Waals surface area contributed by atoms with E-state index in [2.05, 4.69) is 4.98 Å². The molecule has 0 amide bonds. The normalized spacial score (nSPS) is 21.9. The molecule has 3 nitrogen and oxygen atoms in total. The fraction of sp³-hybridized carbons (Fsp3) is 0.286. The molecule has 1 unspecified atom stereocenters. The van der Waals surface area contributed by atoms with Gasteiger partial charge in [0.1, 0.15) is 18.5 Å². The number of aliphatic hydroxyl groups excluding tert-OH is 1. The van der Waals surface area contributed by atoms with Gasteiger partial charge in [-0.25, -0.2) is 0 Å². The van der Waals surface area contributed by atoms with Crippen molar-refractivity contribution in [2.45, 2.75) is 6.10 Å². The van der Waals surface area contributed by atoms with E-state index in [1.807, 2.05) is 0 Å². The van der Waals surface area contributed by atoms with E-state index >= 15 is 0 Å². The van der Waals surface area contributed by atoms with Crippen molar-refractivity contribution in [3.8, 4) is 5.75 Å². The Morgan fingerprint density at radius 1 is 1.70 bits per heavy atom. The summed E-state index contributed by atoms with van der Waals surface area (Å²) in [6, 6.07) is 1.76. The second kappa shape index (κ2) is 1.95. The van der Waals surface area contributed by atoms with Crippen LogP contribution in [-0.4, -0.2) is 16.7 Å². The summed E-state index contributed by atoms with van der Waals surface area (Å²) in [6.07, 6.45) is 2.80. The number of aromatic nitrogens is 1. The topological polar surface area (TPSA) is 42.4 Å². The van der Waals surface area contributed by atoms with Crippen LogP contribution in [0.3, 0.4) is 0 Å². The highest BCUT2D eigenvalue weighted by Crippen LogP contribution is 2.30. The maximum atomic E-state index is 9.22. The summed E-state index contributed by atoms with van der Waals surface area (Å²) in [5, 5.41) is 9.22. The quantitative estimate of drug-likeness (QED) is 0.566. The average molecular weight is 137 g/mol. The number of aliphatic hydroxyl groups is 1.